The largest absolute Gasteiger partial charge is 0.484 e. The Morgan fingerprint density at radius 2 is 2.14 bits per heavy atom. The van der Waals surface area contributed by atoms with Crippen LogP contribution in [0, 0.1) is 5.92 Å². The molecular weight excluding hydrogens is 394 g/mol. The average molecular weight is 414 g/mol. The molecule has 29 heavy (non-hydrogen) atoms. The Bertz CT molecular complexity index is 948. The lowest BCUT2D eigenvalue weighted by molar-refractivity contribution is -0.135. The number of ether oxygens (including phenoxy) is 1. The van der Waals surface area contributed by atoms with Gasteiger partial charge in [0.1, 0.15) is 11.4 Å². The molecule has 1 aliphatic heterocycles. The van der Waals surface area contributed by atoms with Crippen molar-refractivity contribution in [1.82, 2.24) is 25.0 Å². The third-order valence-corrected chi connectivity index (χ3v) is 5.02. The van der Waals surface area contributed by atoms with Gasteiger partial charge in [0.2, 0.25) is 11.7 Å². The van der Waals surface area contributed by atoms with Gasteiger partial charge in [-0.1, -0.05) is 16.8 Å². The molecule has 1 aromatic carbocycles. The molecule has 0 bridgehead atoms. The van der Waals surface area contributed by atoms with Gasteiger partial charge in [-0.2, -0.15) is 4.98 Å². The van der Waals surface area contributed by atoms with E-state index in [9.17, 15) is 4.79 Å². The maximum atomic E-state index is 12.5. The number of piperidine rings is 1. The van der Waals surface area contributed by atoms with E-state index in [0.717, 1.165) is 19.4 Å². The van der Waals surface area contributed by atoms with Crippen LogP contribution in [0.5, 0.6) is 5.75 Å². The number of carbonyl (C=O) groups excluding carboxylic acids is 1. The second kappa shape index (κ2) is 9.00. The van der Waals surface area contributed by atoms with Gasteiger partial charge in [0.15, 0.2) is 6.61 Å². The number of nitrogens with zero attached hydrogens (tertiary/aromatic N) is 5. The summed E-state index contributed by atoms with van der Waals surface area (Å²) in [5.41, 5.74) is 0.572. The molecule has 0 N–H and O–H groups in total. The van der Waals surface area contributed by atoms with Gasteiger partial charge < -0.3 is 14.2 Å². The van der Waals surface area contributed by atoms with Crippen LogP contribution >= 0.6 is 11.6 Å². The van der Waals surface area contributed by atoms with Crippen molar-refractivity contribution in [2.45, 2.75) is 19.3 Å². The molecule has 4 rings (SSSR count). The zero-order valence-corrected chi connectivity index (χ0v) is 16.5. The lowest BCUT2D eigenvalue weighted by Gasteiger charge is -2.32. The molecule has 2 aromatic heterocycles. The third kappa shape index (κ3) is 5.08. The van der Waals surface area contributed by atoms with E-state index in [0.29, 0.717) is 41.1 Å². The minimum atomic E-state index is -0.0320. The van der Waals surface area contributed by atoms with Crippen molar-refractivity contribution in [2.75, 3.05) is 19.7 Å². The van der Waals surface area contributed by atoms with Crippen LogP contribution < -0.4 is 4.74 Å². The van der Waals surface area contributed by atoms with Gasteiger partial charge in [-0.25, -0.2) is 4.98 Å². The van der Waals surface area contributed by atoms with Gasteiger partial charge >= 0.3 is 0 Å². The zero-order chi connectivity index (χ0) is 20.1. The maximum absolute atomic E-state index is 12.5. The minimum Gasteiger partial charge on any atom is -0.484 e. The second-order valence-corrected chi connectivity index (χ2v) is 7.33. The van der Waals surface area contributed by atoms with Gasteiger partial charge in [-0.05, 0) is 43.0 Å². The summed E-state index contributed by atoms with van der Waals surface area (Å²) in [5, 5.41) is 4.61. The Kier molecular flexibility index (Phi) is 6.00. The lowest BCUT2D eigenvalue weighted by Crippen LogP contribution is -2.42. The Hall–Kier alpha value is -3.00. The molecule has 0 aliphatic carbocycles. The number of hydrogen-bond acceptors (Lipinski definition) is 7. The molecule has 1 aliphatic rings. The summed E-state index contributed by atoms with van der Waals surface area (Å²) in [4.78, 5) is 27.0. The maximum Gasteiger partial charge on any atom is 0.260 e. The van der Waals surface area contributed by atoms with Crippen LogP contribution in [0.25, 0.3) is 11.5 Å². The number of likely N-dealkylation sites (tertiary alicyclic amines) is 1. The van der Waals surface area contributed by atoms with Crippen molar-refractivity contribution in [3.8, 4) is 17.3 Å². The normalized spacial score (nSPS) is 16.6. The molecule has 0 spiro atoms. The van der Waals surface area contributed by atoms with Crippen molar-refractivity contribution in [3.05, 3.63) is 53.8 Å². The standard InChI is InChI=1S/C20H20ClN5O3/c21-15-3-5-16(6-4-15)28-13-19(27)26-9-1-2-14(12-26)10-18-24-20(25-29-18)17-11-22-7-8-23-17/h3-8,11,14H,1-2,9-10,12-13H2. The first-order valence-electron chi connectivity index (χ1n) is 9.42. The first-order chi connectivity index (χ1) is 14.2. The molecule has 1 atom stereocenters. The highest BCUT2D eigenvalue weighted by atomic mass is 35.5. The van der Waals surface area contributed by atoms with E-state index >= 15 is 0 Å². The molecule has 9 heteroatoms. The van der Waals surface area contributed by atoms with Crippen LogP contribution in [0.1, 0.15) is 18.7 Å². The predicted octanol–water partition coefficient (Wildman–Crippen LogP) is 3.04. The Balaban J connectivity index is 1.30. The fraction of sp³-hybridized carbons (Fsp3) is 0.350. The smallest absolute Gasteiger partial charge is 0.260 e. The number of amides is 1. The molecule has 1 unspecified atom stereocenters. The number of halogens is 1. The van der Waals surface area contributed by atoms with Crippen LogP contribution in [-0.4, -0.2) is 50.6 Å². The fourth-order valence-corrected chi connectivity index (χ4v) is 3.45. The van der Waals surface area contributed by atoms with Crippen LogP contribution in [0.15, 0.2) is 47.4 Å². The van der Waals surface area contributed by atoms with Crippen molar-refractivity contribution >= 4 is 17.5 Å². The van der Waals surface area contributed by atoms with E-state index in [1.165, 1.54) is 0 Å². The highest BCUT2D eigenvalue weighted by Gasteiger charge is 2.26. The summed E-state index contributed by atoms with van der Waals surface area (Å²) in [6.07, 6.45) is 7.33. The van der Waals surface area contributed by atoms with Gasteiger partial charge in [0.05, 0.1) is 6.20 Å². The average Bonchev–Trinajstić information content (AvgIpc) is 3.22. The topological polar surface area (TPSA) is 94.2 Å². The van der Waals surface area contributed by atoms with Gasteiger partial charge in [-0.3, -0.25) is 9.78 Å². The SMILES string of the molecule is O=C(COc1ccc(Cl)cc1)N1CCCC(Cc2nc(-c3cnccn3)no2)C1. The highest BCUT2D eigenvalue weighted by molar-refractivity contribution is 6.30. The van der Waals surface area contributed by atoms with E-state index in [2.05, 4.69) is 20.1 Å². The number of aromatic nitrogens is 4. The first-order valence-corrected chi connectivity index (χ1v) is 9.80. The van der Waals surface area contributed by atoms with E-state index in [-0.39, 0.29) is 18.4 Å². The summed E-state index contributed by atoms with van der Waals surface area (Å²) < 4.78 is 10.9. The van der Waals surface area contributed by atoms with E-state index in [1.807, 2.05) is 4.90 Å². The Labute approximate surface area is 172 Å². The molecule has 0 radical (unpaired) electrons. The monoisotopic (exact) mass is 413 g/mol. The minimum absolute atomic E-state index is 0.00569. The predicted molar refractivity (Wildman–Crippen MR) is 105 cm³/mol. The van der Waals surface area contributed by atoms with Crippen molar-refractivity contribution in [2.24, 2.45) is 5.92 Å². The zero-order valence-electron chi connectivity index (χ0n) is 15.7. The highest BCUT2D eigenvalue weighted by Crippen LogP contribution is 2.22. The molecular formula is C20H20ClN5O3. The summed E-state index contributed by atoms with van der Waals surface area (Å²) in [5.74, 6) is 1.82. The van der Waals surface area contributed by atoms with E-state index in [4.69, 9.17) is 20.9 Å². The summed E-state index contributed by atoms with van der Waals surface area (Å²) >= 11 is 5.86. The summed E-state index contributed by atoms with van der Waals surface area (Å²) in [7, 11) is 0. The van der Waals surface area contributed by atoms with Crippen molar-refractivity contribution in [1.29, 1.82) is 0 Å². The quantitative estimate of drug-likeness (QED) is 0.612. The lowest BCUT2D eigenvalue weighted by atomic mass is 9.95. The fourth-order valence-electron chi connectivity index (χ4n) is 3.33. The number of benzene rings is 1. The molecule has 150 valence electrons. The van der Waals surface area contributed by atoms with E-state index in [1.54, 1.807) is 42.9 Å². The van der Waals surface area contributed by atoms with E-state index < -0.39 is 0 Å². The van der Waals surface area contributed by atoms with Gasteiger partial charge in [-0.15, -0.1) is 0 Å². The first kappa shape index (κ1) is 19.3. The molecule has 1 saturated heterocycles. The Morgan fingerprint density at radius 3 is 2.93 bits per heavy atom. The molecule has 8 nitrogen and oxygen atoms in total. The number of hydrogen-bond donors (Lipinski definition) is 0. The number of rotatable bonds is 6. The van der Waals surface area contributed by atoms with Gasteiger partial charge in [0.25, 0.3) is 5.91 Å². The molecule has 3 aromatic rings. The molecule has 3 heterocycles. The molecule has 1 fully saturated rings. The van der Waals surface area contributed by atoms with Crippen LogP contribution in [-0.2, 0) is 11.2 Å². The van der Waals surface area contributed by atoms with Gasteiger partial charge in [0, 0.05) is 36.9 Å². The second-order valence-electron chi connectivity index (χ2n) is 6.90. The molecule has 0 saturated carbocycles. The number of carbonyl (C=O) groups is 1. The van der Waals surface area contributed by atoms with Crippen LogP contribution in [0.2, 0.25) is 5.02 Å². The van der Waals surface area contributed by atoms with Crippen molar-refractivity contribution < 1.29 is 14.1 Å². The third-order valence-electron chi connectivity index (χ3n) is 4.77. The Morgan fingerprint density at radius 1 is 1.28 bits per heavy atom. The van der Waals surface area contributed by atoms with Crippen LogP contribution in [0.4, 0.5) is 0 Å². The summed E-state index contributed by atoms with van der Waals surface area (Å²) in [6, 6.07) is 6.97. The summed E-state index contributed by atoms with van der Waals surface area (Å²) in [6.45, 7) is 1.38. The molecule has 1 amide bonds. The van der Waals surface area contributed by atoms with Crippen molar-refractivity contribution in [3.63, 3.8) is 0 Å². The van der Waals surface area contributed by atoms with Crippen LogP contribution in [0.3, 0.4) is 0 Å².